The Labute approximate surface area is 191 Å². The Bertz CT molecular complexity index is 1180. The summed E-state index contributed by atoms with van der Waals surface area (Å²) in [7, 11) is 0. The first-order chi connectivity index (χ1) is 15.5. The lowest BCUT2D eigenvalue weighted by atomic mass is 10.1. The van der Waals surface area contributed by atoms with Crippen LogP contribution in [0.15, 0.2) is 66.0 Å². The second-order valence-electron chi connectivity index (χ2n) is 8.00. The minimum absolute atomic E-state index is 0.0362. The molecule has 2 aromatic heterocycles. The fourth-order valence-electron chi connectivity index (χ4n) is 3.24. The number of aromatic nitrogens is 3. The van der Waals surface area contributed by atoms with Crippen molar-refractivity contribution in [2.75, 3.05) is 11.9 Å². The van der Waals surface area contributed by atoms with Crippen LogP contribution < -0.4 is 10.1 Å². The van der Waals surface area contributed by atoms with Crippen LogP contribution in [0.3, 0.4) is 0 Å². The Kier molecular flexibility index (Phi) is 6.66. The van der Waals surface area contributed by atoms with Crippen molar-refractivity contribution >= 4 is 22.9 Å². The van der Waals surface area contributed by atoms with Crippen LogP contribution in [0.5, 0.6) is 6.01 Å². The van der Waals surface area contributed by atoms with Gasteiger partial charge in [-0.2, -0.15) is 4.98 Å². The highest BCUT2D eigenvalue weighted by atomic mass is 32.1. The molecule has 0 unspecified atom stereocenters. The molecule has 0 spiro atoms. The zero-order valence-electron chi connectivity index (χ0n) is 18.4. The summed E-state index contributed by atoms with van der Waals surface area (Å²) in [5.74, 6) is 1.06. The minimum Gasteiger partial charge on any atom is -0.462 e. The fourth-order valence-corrected chi connectivity index (χ4v) is 3.94. The van der Waals surface area contributed by atoms with Crippen molar-refractivity contribution < 1.29 is 9.53 Å². The van der Waals surface area contributed by atoms with Gasteiger partial charge in [0.15, 0.2) is 5.82 Å². The smallest absolute Gasteiger partial charge is 0.336 e. The van der Waals surface area contributed by atoms with E-state index in [2.05, 4.69) is 42.2 Å². The summed E-state index contributed by atoms with van der Waals surface area (Å²) in [4.78, 5) is 18.0. The number of thiophene rings is 1. The summed E-state index contributed by atoms with van der Waals surface area (Å²) in [6, 6.07) is 19.9. The highest BCUT2D eigenvalue weighted by Crippen LogP contribution is 2.27. The number of ether oxygens (including phenoxy) is 1. The summed E-state index contributed by atoms with van der Waals surface area (Å²) >= 11 is 1.58. The van der Waals surface area contributed by atoms with Crippen molar-refractivity contribution in [1.82, 2.24) is 14.8 Å². The molecule has 0 saturated heterocycles. The lowest BCUT2D eigenvalue weighted by Crippen LogP contribution is -2.13. The summed E-state index contributed by atoms with van der Waals surface area (Å²) < 4.78 is 7.59. The number of amides is 1. The molecule has 2 aromatic carbocycles. The molecule has 4 rings (SSSR count). The summed E-state index contributed by atoms with van der Waals surface area (Å²) in [5.41, 5.74) is 3.68. The number of nitrogens with one attached hydrogen (secondary N) is 1. The van der Waals surface area contributed by atoms with Crippen LogP contribution in [0.4, 0.5) is 5.69 Å². The van der Waals surface area contributed by atoms with Crippen molar-refractivity contribution in [3.05, 3.63) is 76.5 Å². The molecule has 0 atom stereocenters. The fraction of sp³-hybridized carbons (Fsp3) is 0.240. The van der Waals surface area contributed by atoms with Crippen molar-refractivity contribution in [3.8, 4) is 23.1 Å². The Balaban J connectivity index is 1.59. The monoisotopic (exact) mass is 446 g/mol. The van der Waals surface area contributed by atoms with Crippen molar-refractivity contribution in [2.45, 2.75) is 27.2 Å². The third-order valence-electron chi connectivity index (χ3n) is 4.83. The zero-order valence-corrected chi connectivity index (χ0v) is 19.2. The average molecular weight is 447 g/mol. The van der Waals surface area contributed by atoms with Crippen LogP contribution in [-0.4, -0.2) is 27.3 Å². The van der Waals surface area contributed by atoms with Gasteiger partial charge < -0.3 is 10.1 Å². The predicted molar refractivity (Wildman–Crippen MR) is 129 cm³/mol. The number of aryl methyl sites for hydroxylation is 1. The molecule has 0 bridgehead atoms. The Hall–Kier alpha value is -3.45. The Morgan fingerprint density at radius 3 is 2.56 bits per heavy atom. The van der Waals surface area contributed by atoms with Gasteiger partial charge in [0.25, 0.3) is 0 Å². The van der Waals surface area contributed by atoms with Crippen LogP contribution in [0.1, 0.15) is 24.3 Å². The third kappa shape index (κ3) is 5.23. The molecule has 1 amide bonds. The van der Waals surface area contributed by atoms with E-state index in [0.717, 1.165) is 33.2 Å². The normalized spacial score (nSPS) is 11.0. The van der Waals surface area contributed by atoms with E-state index in [0.29, 0.717) is 25.0 Å². The first-order valence-electron chi connectivity index (χ1n) is 10.6. The number of hydrogen-bond donors (Lipinski definition) is 1. The molecule has 0 radical (unpaired) electrons. The van der Waals surface area contributed by atoms with Crippen LogP contribution in [0, 0.1) is 12.8 Å². The van der Waals surface area contributed by atoms with Gasteiger partial charge in [-0.25, -0.2) is 4.68 Å². The number of hydrogen-bond acceptors (Lipinski definition) is 5. The molecule has 0 saturated carbocycles. The zero-order chi connectivity index (χ0) is 22.5. The van der Waals surface area contributed by atoms with Crippen molar-refractivity contribution in [1.29, 1.82) is 0 Å². The molecule has 0 fully saturated rings. The van der Waals surface area contributed by atoms with Gasteiger partial charge >= 0.3 is 6.01 Å². The maximum absolute atomic E-state index is 12.3. The highest BCUT2D eigenvalue weighted by molar-refractivity contribution is 7.10. The molecule has 0 aliphatic heterocycles. The topological polar surface area (TPSA) is 69.0 Å². The van der Waals surface area contributed by atoms with Gasteiger partial charge in [-0.15, -0.1) is 16.4 Å². The van der Waals surface area contributed by atoms with Gasteiger partial charge in [0.2, 0.25) is 5.91 Å². The lowest BCUT2D eigenvalue weighted by Gasteiger charge is -2.09. The third-order valence-corrected chi connectivity index (χ3v) is 5.71. The number of anilines is 1. The largest absolute Gasteiger partial charge is 0.462 e. The molecule has 0 aliphatic carbocycles. The van der Waals surface area contributed by atoms with Crippen molar-refractivity contribution in [3.63, 3.8) is 0 Å². The SMILES string of the molecule is Cc1ccccc1-c1nc(OCC(C)C)nn1-c1ccc(NC(=O)Cc2cccs2)cc1. The van der Waals surface area contributed by atoms with E-state index in [1.54, 1.807) is 16.0 Å². The van der Waals surface area contributed by atoms with Gasteiger partial charge in [-0.05, 0) is 54.1 Å². The standard InChI is InChI=1S/C25H26N4O2S/c1-17(2)16-31-25-27-24(22-9-5-4-7-18(22)3)29(28-25)20-12-10-19(11-13-20)26-23(30)15-21-8-6-14-32-21/h4-14,17H,15-16H2,1-3H3,(H,26,30). The van der Waals surface area contributed by atoms with Gasteiger partial charge in [0, 0.05) is 16.1 Å². The molecule has 4 aromatic rings. The summed E-state index contributed by atoms with van der Waals surface area (Å²) in [6.45, 7) is 6.77. The predicted octanol–water partition coefficient (Wildman–Crippen LogP) is 5.52. The molecular formula is C25H26N4O2S. The Morgan fingerprint density at radius 2 is 1.88 bits per heavy atom. The lowest BCUT2D eigenvalue weighted by molar-refractivity contribution is -0.115. The quantitative estimate of drug-likeness (QED) is 0.387. The molecule has 2 heterocycles. The van der Waals surface area contributed by atoms with Gasteiger partial charge in [0.05, 0.1) is 18.7 Å². The molecule has 6 nitrogen and oxygen atoms in total. The summed E-state index contributed by atoms with van der Waals surface area (Å²) in [5, 5.41) is 9.53. The second kappa shape index (κ2) is 9.78. The number of carbonyl (C=O) groups excluding carboxylic acids is 1. The molecule has 164 valence electrons. The molecular weight excluding hydrogens is 420 g/mol. The van der Waals surface area contributed by atoms with E-state index in [4.69, 9.17) is 4.74 Å². The summed E-state index contributed by atoms with van der Waals surface area (Å²) in [6.07, 6.45) is 0.372. The van der Waals surface area contributed by atoms with Crippen LogP contribution in [-0.2, 0) is 11.2 Å². The second-order valence-corrected chi connectivity index (χ2v) is 9.03. The van der Waals surface area contributed by atoms with Crippen LogP contribution >= 0.6 is 11.3 Å². The highest BCUT2D eigenvalue weighted by Gasteiger charge is 2.17. The van der Waals surface area contributed by atoms with Crippen LogP contribution in [0.25, 0.3) is 17.1 Å². The van der Waals surface area contributed by atoms with E-state index < -0.39 is 0 Å². The number of benzene rings is 2. The maximum atomic E-state index is 12.3. The Morgan fingerprint density at radius 1 is 1.09 bits per heavy atom. The van der Waals surface area contributed by atoms with E-state index in [1.165, 1.54) is 0 Å². The van der Waals surface area contributed by atoms with Gasteiger partial charge in [0.1, 0.15) is 0 Å². The molecule has 32 heavy (non-hydrogen) atoms. The first kappa shape index (κ1) is 21.8. The van der Waals surface area contributed by atoms with E-state index in [9.17, 15) is 4.79 Å². The molecule has 1 N–H and O–H groups in total. The van der Waals surface area contributed by atoms with E-state index >= 15 is 0 Å². The van der Waals surface area contributed by atoms with Crippen LogP contribution in [0.2, 0.25) is 0 Å². The minimum atomic E-state index is -0.0362. The maximum Gasteiger partial charge on any atom is 0.336 e. The molecule has 7 heteroatoms. The van der Waals surface area contributed by atoms with Gasteiger partial charge in [-0.1, -0.05) is 44.2 Å². The van der Waals surface area contributed by atoms with E-state index in [-0.39, 0.29) is 5.91 Å². The first-order valence-corrected chi connectivity index (χ1v) is 11.5. The number of rotatable bonds is 8. The number of nitrogens with zero attached hydrogens (tertiary/aromatic N) is 3. The van der Waals surface area contributed by atoms with Crippen molar-refractivity contribution in [2.24, 2.45) is 5.92 Å². The van der Waals surface area contributed by atoms with Gasteiger partial charge in [-0.3, -0.25) is 4.79 Å². The average Bonchev–Trinajstić information content (AvgIpc) is 3.43. The number of carbonyl (C=O) groups is 1. The molecule has 0 aliphatic rings. The van der Waals surface area contributed by atoms with E-state index in [1.807, 2.05) is 60.0 Å².